The Labute approximate surface area is 147 Å². The highest BCUT2D eigenvalue weighted by Gasteiger charge is 2.42. The van der Waals surface area contributed by atoms with Crippen LogP contribution in [0.1, 0.15) is 19.3 Å². The van der Waals surface area contributed by atoms with Crippen LogP contribution in [0.15, 0.2) is 24.3 Å². The molecule has 3 aliphatic rings. The van der Waals surface area contributed by atoms with Crippen molar-refractivity contribution in [3.05, 3.63) is 29.3 Å². The third-order valence-corrected chi connectivity index (χ3v) is 5.39. The van der Waals surface area contributed by atoms with Crippen molar-refractivity contribution in [2.24, 2.45) is 5.92 Å². The molecule has 1 aromatic carbocycles. The van der Waals surface area contributed by atoms with E-state index in [1.807, 2.05) is 0 Å². The fraction of sp³-hybridized carbons (Fsp3) is 0.611. The summed E-state index contributed by atoms with van der Waals surface area (Å²) in [6.45, 7) is 2.77. The molecule has 6 heteroatoms. The summed E-state index contributed by atoms with van der Waals surface area (Å²) in [6.07, 6.45) is 3.99. The molecule has 1 amide bonds. The normalized spacial score (nSPS) is 30.0. The van der Waals surface area contributed by atoms with Gasteiger partial charge >= 0.3 is 0 Å². The van der Waals surface area contributed by atoms with E-state index >= 15 is 0 Å². The number of hydrogen-bond acceptors (Lipinski definition) is 4. The smallest absolute Gasteiger partial charge is 0.258 e. The molecule has 0 aromatic heterocycles. The summed E-state index contributed by atoms with van der Waals surface area (Å²) in [5, 5.41) is 3.74. The van der Waals surface area contributed by atoms with E-state index in [0.29, 0.717) is 22.9 Å². The Morgan fingerprint density at radius 1 is 1.29 bits per heavy atom. The number of carbonyl (C=O) groups excluding carboxylic acids is 1. The van der Waals surface area contributed by atoms with Gasteiger partial charge in [-0.05, 0) is 49.4 Å². The van der Waals surface area contributed by atoms with Crippen molar-refractivity contribution in [1.29, 1.82) is 0 Å². The van der Waals surface area contributed by atoms with Crippen molar-refractivity contribution in [1.82, 2.24) is 10.2 Å². The molecule has 5 nitrogen and oxygen atoms in total. The van der Waals surface area contributed by atoms with Crippen molar-refractivity contribution in [2.45, 2.75) is 37.5 Å². The van der Waals surface area contributed by atoms with Crippen molar-refractivity contribution < 1.29 is 14.3 Å². The van der Waals surface area contributed by atoms with Gasteiger partial charge in [0.25, 0.3) is 5.91 Å². The van der Waals surface area contributed by atoms with Crippen LogP contribution in [0, 0.1) is 5.92 Å². The van der Waals surface area contributed by atoms with Crippen LogP contribution in [0.4, 0.5) is 0 Å². The zero-order valence-electron chi connectivity index (χ0n) is 13.6. The maximum absolute atomic E-state index is 12.1. The Morgan fingerprint density at radius 2 is 2.08 bits per heavy atom. The van der Waals surface area contributed by atoms with Crippen LogP contribution in [0.5, 0.6) is 5.75 Å². The van der Waals surface area contributed by atoms with Gasteiger partial charge in [-0.15, -0.1) is 0 Å². The lowest BCUT2D eigenvalue weighted by atomic mass is 10.1. The van der Waals surface area contributed by atoms with Gasteiger partial charge in [-0.1, -0.05) is 11.6 Å². The van der Waals surface area contributed by atoms with Crippen LogP contribution in [0.25, 0.3) is 0 Å². The molecule has 1 aromatic rings. The Kier molecular flexibility index (Phi) is 4.66. The first-order valence-corrected chi connectivity index (χ1v) is 9.08. The number of ether oxygens (including phenoxy) is 2. The summed E-state index contributed by atoms with van der Waals surface area (Å²) in [5.41, 5.74) is 0. The third-order valence-electron chi connectivity index (χ3n) is 5.14. The van der Waals surface area contributed by atoms with E-state index in [4.69, 9.17) is 21.1 Å². The number of rotatable bonds is 5. The average molecular weight is 351 g/mol. The Bertz CT molecular complexity index is 590. The predicted molar refractivity (Wildman–Crippen MR) is 91.3 cm³/mol. The number of nitrogens with one attached hydrogen (secondary N) is 1. The molecule has 1 N–H and O–H groups in total. The number of nitrogens with zero attached hydrogens (tertiary/aromatic N) is 1. The molecule has 2 saturated heterocycles. The Morgan fingerprint density at radius 3 is 2.83 bits per heavy atom. The highest BCUT2D eigenvalue weighted by molar-refractivity contribution is 6.30. The number of carbonyl (C=O) groups is 1. The molecule has 2 heterocycles. The summed E-state index contributed by atoms with van der Waals surface area (Å²) in [6, 6.07) is 7.67. The molecular formula is C18H23ClN2O3. The maximum atomic E-state index is 12.1. The Hall–Kier alpha value is -1.30. The summed E-state index contributed by atoms with van der Waals surface area (Å²) < 4.78 is 11.5. The maximum Gasteiger partial charge on any atom is 0.258 e. The molecule has 2 aliphatic heterocycles. The number of hydrogen-bond donors (Lipinski definition) is 1. The summed E-state index contributed by atoms with van der Waals surface area (Å²) in [5.74, 6) is 1.35. The molecule has 24 heavy (non-hydrogen) atoms. The second-order valence-corrected chi connectivity index (χ2v) is 7.50. The summed E-state index contributed by atoms with van der Waals surface area (Å²) in [4.78, 5) is 14.6. The van der Waals surface area contributed by atoms with Crippen LogP contribution in [-0.4, -0.2) is 55.3 Å². The second-order valence-electron chi connectivity index (χ2n) is 7.06. The number of morpholine rings is 1. The quantitative estimate of drug-likeness (QED) is 0.883. The predicted octanol–water partition coefficient (Wildman–Crippen LogP) is 2.09. The van der Waals surface area contributed by atoms with Crippen molar-refractivity contribution >= 4 is 17.5 Å². The molecule has 1 saturated carbocycles. The lowest BCUT2D eigenvalue weighted by molar-refractivity contribution is -0.123. The SMILES string of the molecule is O=C(COc1ccc(Cl)cc1)N[C@H]1C[C@H]2CO[C@H](C3CC3)CN2C1. The molecule has 3 atom stereocenters. The van der Waals surface area contributed by atoms with Crippen molar-refractivity contribution in [3.63, 3.8) is 0 Å². The highest BCUT2D eigenvalue weighted by atomic mass is 35.5. The molecule has 4 rings (SSSR count). The molecule has 0 spiro atoms. The minimum absolute atomic E-state index is 0.0317. The van der Waals surface area contributed by atoms with E-state index in [-0.39, 0.29) is 18.6 Å². The standard InChI is InChI=1S/C18H23ClN2O3/c19-13-3-5-16(6-4-13)23-11-18(22)20-14-7-15-10-24-17(12-1-2-12)9-21(15)8-14/h3-6,12,14-15,17H,1-2,7-11H2,(H,20,22)/t14-,15-,17-/m0/s1. The fourth-order valence-electron chi connectivity index (χ4n) is 3.71. The van der Waals surface area contributed by atoms with Gasteiger partial charge in [0.05, 0.1) is 12.7 Å². The molecule has 1 aliphatic carbocycles. The monoisotopic (exact) mass is 350 g/mol. The van der Waals surface area contributed by atoms with Gasteiger partial charge in [0.15, 0.2) is 6.61 Å². The molecule has 3 fully saturated rings. The average Bonchev–Trinajstić information content (AvgIpc) is 3.34. The van der Waals surface area contributed by atoms with Gasteiger partial charge in [-0.3, -0.25) is 9.69 Å². The second kappa shape index (κ2) is 6.90. The van der Waals surface area contributed by atoms with Crippen LogP contribution < -0.4 is 10.1 Å². The van der Waals surface area contributed by atoms with E-state index in [1.54, 1.807) is 24.3 Å². The van der Waals surface area contributed by atoms with Gasteiger partial charge in [0.2, 0.25) is 0 Å². The molecule has 0 radical (unpaired) electrons. The molecule has 0 unspecified atom stereocenters. The first kappa shape index (κ1) is 16.2. The van der Waals surface area contributed by atoms with E-state index in [1.165, 1.54) is 12.8 Å². The lowest BCUT2D eigenvalue weighted by Crippen LogP contribution is -2.47. The minimum atomic E-state index is -0.0746. The van der Waals surface area contributed by atoms with Gasteiger partial charge in [0.1, 0.15) is 5.75 Å². The van der Waals surface area contributed by atoms with E-state index in [9.17, 15) is 4.79 Å². The largest absolute Gasteiger partial charge is 0.484 e. The number of fused-ring (bicyclic) bond motifs is 1. The molecular weight excluding hydrogens is 328 g/mol. The fourth-order valence-corrected chi connectivity index (χ4v) is 3.83. The first-order valence-electron chi connectivity index (χ1n) is 8.71. The lowest BCUT2D eigenvalue weighted by Gasteiger charge is -2.35. The minimum Gasteiger partial charge on any atom is -0.484 e. The van der Waals surface area contributed by atoms with Crippen molar-refractivity contribution in [3.8, 4) is 5.75 Å². The van der Waals surface area contributed by atoms with E-state index in [0.717, 1.165) is 32.0 Å². The van der Waals surface area contributed by atoms with Crippen LogP contribution in [-0.2, 0) is 9.53 Å². The van der Waals surface area contributed by atoms with Gasteiger partial charge in [0, 0.05) is 30.2 Å². The number of benzene rings is 1. The van der Waals surface area contributed by atoms with Crippen LogP contribution >= 0.6 is 11.6 Å². The zero-order valence-corrected chi connectivity index (χ0v) is 14.4. The zero-order chi connectivity index (χ0) is 16.5. The molecule has 130 valence electrons. The first-order chi connectivity index (χ1) is 11.7. The number of amides is 1. The third kappa shape index (κ3) is 3.85. The number of halogens is 1. The topological polar surface area (TPSA) is 50.8 Å². The van der Waals surface area contributed by atoms with E-state index in [2.05, 4.69) is 10.2 Å². The summed E-state index contributed by atoms with van der Waals surface area (Å²) in [7, 11) is 0. The van der Waals surface area contributed by atoms with Gasteiger partial charge < -0.3 is 14.8 Å². The van der Waals surface area contributed by atoms with E-state index < -0.39 is 0 Å². The van der Waals surface area contributed by atoms with Gasteiger partial charge in [-0.2, -0.15) is 0 Å². The highest BCUT2D eigenvalue weighted by Crippen LogP contribution is 2.37. The van der Waals surface area contributed by atoms with Crippen LogP contribution in [0.2, 0.25) is 5.02 Å². The van der Waals surface area contributed by atoms with Crippen molar-refractivity contribution in [2.75, 3.05) is 26.3 Å². The Balaban J connectivity index is 1.22. The van der Waals surface area contributed by atoms with Gasteiger partial charge in [-0.25, -0.2) is 0 Å². The summed E-state index contributed by atoms with van der Waals surface area (Å²) >= 11 is 5.83. The van der Waals surface area contributed by atoms with Crippen LogP contribution in [0.3, 0.4) is 0 Å². The molecule has 0 bridgehead atoms.